The number of nitrogen functional groups attached to an aromatic ring is 1. The van der Waals surface area contributed by atoms with Crippen molar-refractivity contribution in [1.82, 2.24) is 0 Å². The van der Waals surface area contributed by atoms with E-state index in [1.165, 1.54) is 16.7 Å². The minimum Gasteiger partial charge on any atom is -0.398 e. The van der Waals surface area contributed by atoms with Crippen LogP contribution < -0.4 is 5.73 Å². The molecule has 0 aromatic heterocycles. The standard InChI is InChI=1S/C17H19NO/c1-11-8-12(2)15(13(3)9-11)10-17(19)14-6-4-5-7-16(14)18/h4-9H,10,18H2,1-3H3. The van der Waals surface area contributed by atoms with Gasteiger partial charge in [-0.05, 0) is 49.6 Å². The van der Waals surface area contributed by atoms with Gasteiger partial charge in [-0.2, -0.15) is 0 Å². The number of benzene rings is 2. The van der Waals surface area contributed by atoms with E-state index in [9.17, 15) is 4.79 Å². The largest absolute Gasteiger partial charge is 0.398 e. The fraction of sp³-hybridized carbons (Fsp3) is 0.235. The van der Waals surface area contributed by atoms with Crippen LogP contribution in [0.15, 0.2) is 36.4 Å². The van der Waals surface area contributed by atoms with Crippen molar-refractivity contribution < 1.29 is 4.79 Å². The van der Waals surface area contributed by atoms with E-state index in [4.69, 9.17) is 5.73 Å². The number of anilines is 1. The van der Waals surface area contributed by atoms with E-state index in [0.29, 0.717) is 17.7 Å². The van der Waals surface area contributed by atoms with Crippen LogP contribution in [0.3, 0.4) is 0 Å². The number of carbonyl (C=O) groups excluding carboxylic acids is 1. The molecule has 0 amide bonds. The maximum atomic E-state index is 12.3. The number of ketones is 1. The van der Waals surface area contributed by atoms with E-state index in [2.05, 4.69) is 32.9 Å². The molecule has 0 spiro atoms. The predicted molar refractivity (Wildman–Crippen MR) is 79.5 cm³/mol. The third kappa shape index (κ3) is 2.84. The van der Waals surface area contributed by atoms with Gasteiger partial charge in [0.2, 0.25) is 0 Å². The zero-order valence-electron chi connectivity index (χ0n) is 11.7. The predicted octanol–water partition coefficient (Wildman–Crippen LogP) is 3.62. The van der Waals surface area contributed by atoms with Crippen LogP contribution in [0.4, 0.5) is 5.69 Å². The molecule has 2 nitrogen and oxygen atoms in total. The Hall–Kier alpha value is -2.09. The quantitative estimate of drug-likeness (QED) is 0.670. The number of hydrogen-bond donors (Lipinski definition) is 1. The number of nitrogens with two attached hydrogens (primary N) is 1. The summed E-state index contributed by atoms with van der Waals surface area (Å²) in [7, 11) is 0. The molecule has 2 aromatic carbocycles. The second-order valence-electron chi connectivity index (χ2n) is 5.06. The van der Waals surface area contributed by atoms with Crippen LogP contribution in [0.25, 0.3) is 0 Å². The summed E-state index contributed by atoms with van der Waals surface area (Å²) in [6, 6.07) is 11.5. The van der Waals surface area contributed by atoms with E-state index in [1.54, 1.807) is 12.1 Å². The zero-order valence-corrected chi connectivity index (χ0v) is 11.7. The van der Waals surface area contributed by atoms with E-state index in [0.717, 1.165) is 5.56 Å². The van der Waals surface area contributed by atoms with Crippen LogP contribution in [0, 0.1) is 20.8 Å². The highest BCUT2D eigenvalue weighted by molar-refractivity contribution is 6.02. The molecule has 0 unspecified atom stereocenters. The Kier molecular flexibility index (Phi) is 3.70. The molecule has 0 saturated heterocycles. The lowest BCUT2D eigenvalue weighted by Crippen LogP contribution is -2.09. The Morgan fingerprint density at radius 2 is 1.63 bits per heavy atom. The van der Waals surface area contributed by atoms with Crippen molar-refractivity contribution >= 4 is 11.5 Å². The first-order chi connectivity index (χ1) is 8.99. The van der Waals surface area contributed by atoms with Gasteiger partial charge >= 0.3 is 0 Å². The fourth-order valence-corrected chi connectivity index (χ4v) is 2.50. The van der Waals surface area contributed by atoms with Crippen LogP contribution in [-0.2, 0) is 6.42 Å². The van der Waals surface area contributed by atoms with E-state index in [1.807, 2.05) is 12.1 Å². The van der Waals surface area contributed by atoms with Crippen LogP contribution in [0.1, 0.15) is 32.6 Å². The van der Waals surface area contributed by atoms with Gasteiger partial charge < -0.3 is 5.73 Å². The Morgan fingerprint density at radius 3 is 2.21 bits per heavy atom. The third-order valence-electron chi connectivity index (χ3n) is 3.44. The molecule has 19 heavy (non-hydrogen) atoms. The average Bonchev–Trinajstić information content (AvgIpc) is 2.34. The van der Waals surface area contributed by atoms with Crippen LogP contribution in [0.2, 0.25) is 0 Å². The monoisotopic (exact) mass is 253 g/mol. The average molecular weight is 253 g/mol. The van der Waals surface area contributed by atoms with Crippen molar-refractivity contribution in [3.8, 4) is 0 Å². The van der Waals surface area contributed by atoms with Gasteiger partial charge in [-0.3, -0.25) is 4.79 Å². The van der Waals surface area contributed by atoms with E-state index >= 15 is 0 Å². The minimum absolute atomic E-state index is 0.0770. The minimum atomic E-state index is 0.0770. The summed E-state index contributed by atoms with van der Waals surface area (Å²) in [6.45, 7) is 6.18. The molecule has 2 N–H and O–H groups in total. The highest BCUT2D eigenvalue weighted by Gasteiger charge is 2.13. The second-order valence-corrected chi connectivity index (χ2v) is 5.06. The molecular formula is C17H19NO. The molecule has 2 aromatic rings. The summed E-state index contributed by atoms with van der Waals surface area (Å²) in [5.74, 6) is 0.0770. The van der Waals surface area contributed by atoms with Gasteiger partial charge in [-0.1, -0.05) is 29.8 Å². The summed E-state index contributed by atoms with van der Waals surface area (Å²) in [5, 5.41) is 0. The van der Waals surface area contributed by atoms with Crippen molar-refractivity contribution in [3.63, 3.8) is 0 Å². The smallest absolute Gasteiger partial charge is 0.169 e. The van der Waals surface area contributed by atoms with Gasteiger partial charge in [0.1, 0.15) is 0 Å². The lowest BCUT2D eigenvalue weighted by Gasteiger charge is -2.11. The molecule has 98 valence electrons. The van der Waals surface area contributed by atoms with Gasteiger partial charge in [0.15, 0.2) is 5.78 Å². The molecule has 0 heterocycles. The van der Waals surface area contributed by atoms with Crippen molar-refractivity contribution in [2.45, 2.75) is 27.2 Å². The molecule has 0 aliphatic rings. The second kappa shape index (κ2) is 5.27. The molecule has 0 aliphatic heterocycles. The number of carbonyl (C=O) groups is 1. The number of hydrogen-bond acceptors (Lipinski definition) is 2. The summed E-state index contributed by atoms with van der Waals surface area (Å²) in [4.78, 5) is 12.3. The Labute approximate surface area is 114 Å². The summed E-state index contributed by atoms with van der Waals surface area (Å²) in [5.41, 5.74) is 11.7. The first kappa shape index (κ1) is 13.3. The topological polar surface area (TPSA) is 43.1 Å². The third-order valence-corrected chi connectivity index (χ3v) is 3.44. The Morgan fingerprint density at radius 1 is 1.05 bits per heavy atom. The first-order valence-electron chi connectivity index (χ1n) is 6.43. The summed E-state index contributed by atoms with van der Waals surface area (Å²) >= 11 is 0. The maximum Gasteiger partial charge on any atom is 0.169 e. The normalized spacial score (nSPS) is 10.5. The van der Waals surface area contributed by atoms with E-state index < -0.39 is 0 Å². The number of Topliss-reactive ketones (excluding diaryl/α,β-unsaturated/α-hetero) is 1. The molecular weight excluding hydrogens is 234 g/mol. The number of para-hydroxylation sites is 1. The highest BCUT2D eigenvalue weighted by atomic mass is 16.1. The van der Waals surface area contributed by atoms with Gasteiger partial charge in [-0.15, -0.1) is 0 Å². The van der Waals surface area contributed by atoms with Crippen molar-refractivity contribution in [1.29, 1.82) is 0 Å². The SMILES string of the molecule is Cc1cc(C)c(CC(=O)c2ccccc2N)c(C)c1. The van der Waals surface area contributed by atoms with Crippen LogP contribution in [0.5, 0.6) is 0 Å². The highest BCUT2D eigenvalue weighted by Crippen LogP contribution is 2.20. The van der Waals surface area contributed by atoms with Crippen molar-refractivity contribution in [3.05, 3.63) is 64.2 Å². The number of rotatable bonds is 3. The first-order valence-corrected chi connectivity index (χ1v) is 6.43. The molecule has 0 fully saturated rings. The Bertz CT molecular complexity index is 606. The van der Waals surface area contributed by atoms with Gasteiger partial charge in [-0.25, -0.2) is 0 Å². The zero-order chi connectivity index (χ0) is 14.0. The van der Waals surface area contributed by atoms with Gasteiger partial charge in [0.25, 0.3) is 0 Å². The molecule has 0 bridgehead atoms. The van der Waals surface area contributed by atoms with Crippen molar-refractivity contribution in [2.24, 2.45) is 0 Å². The Balaban J connectivity index is 2.32. The van der Waals surface area contributed by atoms with Crippen molar-refractivity contribution in [2.75, 3.05) is 5.73 Å². The van der Waals surface area contributed by atoms with Gasteiger partial charge in [0, 0.05) is 17.7 Å². The molecule has 0 atom stereocenters. The van der Waals surface area contributed by atoms with Crippen LogP contribution >= 0.6 is 0 Å². The number of aryl methyl sites for hydroxylation is 3. The fourth-order valence-electron chi connectivity index (χ4n) is 2.50. The summed E-state index contributed by atoms with van der Waals surface area (Å²) < 4.78 is 0. The molecule has 2 heteroatoms. The van der Waals surface area contributed by atoms with E-state index in [-0.39, 0.29) is 5.78 Å². The molecule has 0 aliphatic carbocycles. The maximum absolute atomic E-state index is 12.3. The molecule has 2 rings (SSSR count). The summed E-state index contributed by atoms with van der Waals surface area (Å²) in [6.07, 6.45) is 0.409. The molecule has 0 radical (unpaired) electrons. The molecule has 0 saturated carbocycles. The lowest BCUT2D eigenvalue weighted by atomic mass is 9.93. The van der Waals surface area contributed by atoms with Crippen LogP contribution in [-0.4, -0.2) is 5.78 Å². The lowest BCUT2D eigenvalue weighted by molar-refractivity contribution is 0.0993. The van der Waals surface area contributed by atoms with Gasteiger partial charge in [0.05, 0.1) is 0 Å².